The summed E-state index contributed by atoms with van der Waals surface area (Å²) in [5.74, 6) is -0.212. The van der Waals surface area contributed by atoms with E-state index >= 15 is 0 Å². The molecule has 4 aromatic carbocycles. The third-order valence-electron chi connectivity index (χ3n) is 6.06. The molecule has 0 aliphatic carbocycles. The number of aryl methyl sites for hydroxylation is 1. The molecule has 0 heterocycles. The van der Waals surface area contributed by atoms with Gasteiger partial charge in [0.2, 0.25) is 5.91 Å². The summed E-state index contributed by atoms with van der Waals surface area (Å²) < 4.78 is 36.2. The number of nitrogens with zero attached hydrogens (tertiary/aromatic N) is 2. The van der Waals surface area contributed by atoms with Crippen molar-refractivity contribution in [2.24, 2.45) is 0 Å². The Hall–Kier alpha value is -4.67. The predicted octanol–water partition coefficient (Wildman–Crippen LogP) is 5.76. The van der Waals surface area contributed by atoms with Gasteiger partial charge in [-0.15, -0.1) is 0 Å². The van der Waals surface area contributed by atoms with Crippen molar-refractivity contribution in [1.82, 2.24) is 0 Å². The molecule has 0 spiro atoms. The molecule has 1 unspecified atom stereocenters. The number of aromatic hydroxyl groups is 1. The second-order valence-electron chi connectivity index (χ2n) is 8.86. The Morgan fingerprint density at radius 1 is 0.900 bits per heavy atom. The van der Waals surface area contributed by atoms with Crippen LogP contribution in [0.5, 0.6) is 17.2 Å². The Labute approximate surface area is 234 Å². The van der Waals surface area contributed by atoms with Crippen LogP contribution in [0.4, 0.5) is 17.1 Å². The summed E-state index contributed by atoms with van der Waals surface area (Å²) in [4.78, 5) is 26.4. The molecule has 40 heavy (non-hydrogen) atoms. The van der Waals surface area contributed by atoms with Crippen molar-refractivity contribution in [3.8, 4) is 17.2 Å². The molecule has 0 bridgehead atoms. The first-order chi connectivity index (χ1) is 19.2. The molecule has 0 saturated heterocycles. The van der Waals surface area contributed by atoms with E-state index < -0.39 is 17.2 Å². The predicted molar refractivity (Wildman–Crippen MR) is 152 cm³/mol. The van der Waals surface area contributed by atoms with E-state index in [2.05, 4.69) is 0 Å². The van der Waals surface area contributed by atoms with Gasteiger partial charge in [0.1, 0.15) is 17.2 Å². The standard InChI is InChI=1S/C30H28N2O7S/c1-20-8-12-23(13-9-20)32(40(36)37)27-17-16-25(18-26(27)30(35)38-3)39-24-14-10-22(11-15-24)19-31(21(2)33)28-6-4-5-7-29(28)34/h4-18,34H,19H2,1-3H3,(H,36,37)/p-1. The first-order valence-corrected chi connectivity index (χ1v) is 13.2. The molecule has 10 heteroatoms. The molecule has 4 rings (SSSR count). The Balaban J connectivity index is 1.58. The highest BCUT2D eigenvalue weighted by molar-refractivity contribution is 7.81. The molecule has 0 aliphatic heterocycles. The number of rotatable bonds is 9. The molecular weight excluding hydrogens is 532 g/mol. The number of methoxy groups -OCH3 is 1. The first kappa shape index (κ1) is 28.3. The fraction of sp³-hybridized carbons (Fsp3) is 0.133. The Kier molecular flexibility index (Phi) is 8.83. The van der Waals surface area contributed by atoms with Crippen molar-refractivity contribution in [3.05, 3.63) is 108 Å². The third kappa shape index (κ3) is 6.48. The van der Waals surface area contributed by atoms with E-state index in [1.54, 1.807) is 72.8 Å². The maximum absolute atomic E-state index is 12.6. The molecular formula is C30H27N2O7S-. The number of carbonyl (C=O) groups is 2. The molecule has 0 aromatic heterocycles. The quantitative estimate of drug-likeness (QED) is 0.204. The summed E-state index contributed by atoms with van der Waals surface area (Å²) in [6, 6.07) is 24.8. The summed E-state index contributed by atoms with van der Waals surface area (Å²) >= 11 is -2.72. The fourth-order valence-electron chi connectivity index (χ4n) is 4.05. The average Bonchev–Trinajstić information content (AvgIpc) is 2.94. The number of benzene rings is 4. The maximum Gasteiger partial charge on any atom is 0.340 e. The lowest BCUT2D eigenvalue weighted by atomic mass is 10.1. The van der Waals surface area contributed by atoms with Gasteiger partial charge in [-0.05, 0) is 67.1 Å². The minimum absolute atomic E-state index is 0.00108. The van der Waals surface area contributed by atoms with E-state index in [0.29, 0.717) is 17.1 Å². The van der Waals surface area contributed by atoms with Gasteiger partial charge in [-0.3, -0.25) is 13.3 Å². The van der Waals surface area contributed by atoms with Gasteiger partial charge in [0.15, 0.2) is 0 Å². The van der Waals surface area contributed by atoms with Crippen LogP contribution in [-0.4, -0.2) is 32.9 Å². The SMILES string of the molecule is COC(=O)c1cc(Oc2ccc(CN(C(C)=O)c3ccccc3O)cc2)ccc1N(c1ccc(C)cc1)S(=O)[O-]. The number of carbonyl (C=O) groups excluding carboxylic acids is 2. The van der Waals surface area contributed by atoms with Gasteiger partial charge in [-0.2, -0.15) is 0 Å². The topological polar surface area (TPSA) is 119 Å². The summed E-state index contributed by atoms with van der Waals surface area (Å²) in [6.07, 6.45) is 0. The average molecular weight is 560 g/mol. The molecule has 0 fully saturated rings. The molecule has 1 amide bonds. The number of phenols is 1. The van der Waals surface area contributed by atoms with Crippen LogP contribution in [0.2, 0.25) is 0 Å². The summed E-state index contributed by atoms with van der Waals surface area (Å²) in [6.45, 7) is 3.54. The van der Waals surface area contributed by atoms with E-state index in [1.165, 1.54) is 37.1 Å². The van der Waals surface area contributed by atoms with Crippen molar-refractivity contribution < 1.29 is 32.9 Å². The summed E-state index contributed by atoms with van der Waals surface area (Å²) in [7, 11) is 1.21. The number of hydrogen-bond donors (Lipinski definition) is 1. The zero-order valence-corrected chi connectivity index (χ0v) is 22.9. The minimum Gasteiger partial charge on any atom is -0.755 e. The Bertz CT molecular complexity index is 1540. The van der Waals surface area contributed by atoms with Gasteiger partial charge < -0.3 is 24.0 Å². The normalized spacial score (nSPS) is 11.4. The van der Waals surface area contributed by atoms with Crippen LogP contribution in [0, 0.1) is 6.92 Å². The first-order valence-electron chi connectivity index (χ1n) is 12.2. The number of amides is 1. The van der Waals surface area contributed by atoms with Crippen molar-refractivity contribution in [1.29, 1.82) is 0 Å². The molecule has 1 atom stereocenters. The van der Waals surface area contributed by atoms with Crippen LogP contribution >= 0.6 is 0 Å². The van der Waals surface area contributed by atoms with Gasteiger partial charge in [0, 0.05) is 6.92 Å². The highest BCUT2D eigenvalue weighted by Crippen LogP contribution is 2.35. The van der Waals surface area contributed by atoms with Crippen LogP contribution < -0.4 is 13.9 Å². The number of para-hydroxylation sites is 2. The van der Waals surface area contributed by atoms with E-state index in [4.69, 9.17) is 9.47 Å². The lowest BCUT2D eigenvalue weighted by Gasteiger charge is -2.28. The summed E-state index contributed by atoms with van der Waals surface area (Å²) in [5.41, 5.74) is 2.63. The second-order valence-corrected chi connectivity index (χ2v) is 9.66. The molecule has 1 N–H and O–H groups in total. The zero-order chi connectivity index (χ0) is 28.8. The third-order valence-corrected chi connectivity index (χ3v) is 6.77. The van der Waals surface area contributed by atoms with Crippen molar-refractivity contribution in [2.45, 2.75) is 20.4 Å². The molecule has 0 saturated carbocycles. The highest BCUT2D eigenvalue weighted by atomic mass is 32.2. The van der Waals surface area contributed by atoms with Crippen LogP contribution in [0.25, 0.3) is 0 Å². The molecule has 0 aliphatic rings. The molecule has 206 valence electrons. The second kappa shape index (κ2) is 12.5. The highest BCUT2D eigenvalue weighted by Gasteiger charge is 2.21. The van der Waals surface area contributed by atoms with E-state index in [1.807, 2.05) is 6.92 Å². The minimum atomic E-state index is -2.72. The number of anilines is 3. The molecule has 4 aromatic rings. The molecule has 0 radical (unpaired) electrons. The Morgan fingerprint density at radius 2 is 1.55 bits per heavy atom. The lowest BCUT2D eigenvalue weighted by molar-refractivity contribution is -0.116. The van der Waals surface area contributed by atoms with E-state index in [9.17, 15) is 23.5 Å². The van der Waals surface area contributed by atoms with Gasteiger partial charge in [-0.25, -0.2) is 4.79 Å². The zero-order valence-electron chi connectivity index (χ0n) is 22.1. The van der Waals surface area contributed by atoms with Gasteiger partial charge in [-0.1, -0.05) is 42.0 Å². The number of ether oxygens (including phenoxy) is 2. The number of hydrogen-bond acceptors (Lipinski definition) is 7. The van der Waals surface area contributed by atoms with Crippen LogP contribution in [0.3, 0.4) is 0 Å². The Morgan fingerprint density at radius 3 is 2.15 bits per heavy atom. The summed E-state index contributed by atoms with van der Waals surface area (Å²) in [5, 5.41) is 10.2. The monoisotopic (exact) mass is 559 g/mol. The van der Waals surface area contributed by atoms with E-state index in [0.717, 1.165) is 15.4 Å². The van der Waals surface area contributed by atoms with Crippen LogP contribution in [0.1, 0.15) is 28.4 Å². The fourth-order valence-corrected chi connectivity index (χ4v) is 4.67. The number of phenolic OH excluding ortho intramolecular Hbond substituents is 1. The van der Waals surface area contributed by atoms with Gasteiger partial charge >= 0.3 is 5.97 Å². The van der Waals surface area contributed by atoms with Gasteiger partial charge in [0.25, 0.3) is 0 Å². The van der Waals surface area contributed by atoms with E-state index in [-0.39, 0.29) is 35.2 Å². The lowest BCUT2D eigenvalue weighted by Crippen LogP contribution is -2.27. The van der Waals surface area contributed by atoms with Crippen molar-refractivity contribution in [3.63, 3.8) is 0 Å². The van der Waals surface area contributed by atoms with Crippen molar-refractivity contribution >= 4 is 40.2 Å². The van der Waals surface area contributed by atoms with Gasteiger partial charge in [0.05, 0.1) is 47.5 Å². The van der Waals surface area contributed by atoms with Crippen LogP contribution in [0.15, 0.2) is 91.0 Å². The smallest absolute Gasteiger partial charge is 0.340 e. The van der Waals surface area contributed by atoms with Crippen molar-refractivity contribution in [2.75, 3.05) is 16.3 Å². The largest absolute Gasteiger partial charge is 0.755 e. The molecule has 9 nitrogen and oxygen atoms in total. The van der Waals surface area contributed by atoms with Crippen LogP contribution in [-0.2, 0) is 27.3 Å². The number of esters is 1. The maximum atomic E-state index is 12.6.